The number of epoxide rings is 2. The van der Waals surface area contributed by atoms with E-state index in [9.17, 15) is 0 Å². The summed E-state index contributed by atoms with van der Waals surface area (Å²) >= 11 is 0. The third-order valence-electron chi connectivity index (χ3n) is 5.14. The topological polar surface area (TPSA) is 25.1 Å². The fraction of sp³-hybridized carbons (Fsp3) is 0.905. The van der Waals surface area contributed by atoms with Gasteiger partial charge in [-0.2, -0.15) is 0 Å². The largest absolute Gasteiger partial charge is 0.310 e. The van der Waals surface area contributed by atoms with Crippen molar-refractivity contribution >= 4 is 0 Å². The van der Waals surface area contributed by atoms with Crippen molar-refractivity contribution in [1.29, 1.82) is 0 Å². The summed E-state index contributed by atoms with van der Waals surface area (Å²) in [5, 5.41) is 0. The van der Waals surface area contributed by atoms with E-state index in [0.29, 0.717) is 0 Å². The van der Waals surface area contributed by atoms with Gasteiger partial charge in [-0.1, -0.05) is 83.3 Å². The molecule has 0 N–H and O–H groups in total. The van der Waals surface area contributed by atoms with E-state index < -0.39 is 0 Å². The first kappa shape index (κ1) is 19.0. The van der Waals surface area contributed by atoms with Gasteiger partial charge in [0.15, 0.2) is 0 Å². The van der Waals surface area contributed by atoms with Crippen molar-refractivity contribution in [1.82, 2.24) is 0 Å². The zero-order valence-electron chi connectivity index (χ0n) is 15.4. The van der Waals surface area contributed by atoms with Gasteiger partial charge in [-0.25, -0.2) is 0 Å². The highest BCUT2D eigenvalue weighted by Gasteiger charge is 2.76. The number of rotatable bonds is 17. The van der Waals surface area contributed by atoms with Crippen LogP contribution in [0.3, 0.4) is 0 Å². The lowest BCUT2D eigenvalue weighted by Crippen LogP contribution is -1.97. The van der Waals surface area contributed by atoms with Crippen LogP contribution in [0.5, 0.6) is 0 Å². The van der Waals surface area contributed by atoms with Crippen LogP contribution < -0.4 is 0 Å². The number of unbranched alkanes of at least 4 members (excludes halogenated alkanes) is 13. The van der Waals surface area contributed by atoms with Crippen LogP contribution in [0.25, 0.3) is 0 Å². The van der Waals surface area contributed by atoms with Crippen LogP contribution in [0.15, 0.2) is 12.2 Å². The van der Waals surface area contributed by atoms with Crippen LogP contribution in [0.2, 0.25) is 0 Å². The molecule has 0 atom stereocenters. The van der Waals surface area contributed by atoms with E-state index in [1.807, 2.05) is 0 Å². The predicted octanol–water partition coefficient (Wildman–Crippen LogP) is 6.89. The molecule has 2 saturated heterocycles. The molecule has 2 fully saturated rings. The van der Waals surface area contributed by atoms with E-state index in [1.165, 1.54) is 96.3 Å². The van der Waals surface area contributed by atoms with E-state index in [1.54, 1.807) is 0 Å². The third kappa shape index (κ3) is 8.35. The van der Waals surface area contributed by atoms with Crippen molar-refractivity contribution in [3.05, 3.63) is 12.2 Å². The van der Waals surface area contributed by atoms with E-state index >= 15 is 0 Å². The van der Waals surface area contributed by atoms with E-state index in [-0.39, 0.29) is 12.1 Å². The molecule has 2 heterocycles. The zero-order chi connectivity index (χ0) is 16.2. The molecule has 23 heavy (non-hydrogen) atoms. The Kier molecular flexibility index (Phi) is 9.29. The smallest absolute Gasteiger partial charge is 0.225 e. The second-order valence-corrected chi connectivity index (χ2v) is 7.42. The monoisotopic (exact) mass is 322 g/mol. The van der Waals surface area contributed by atoms with Crippen LogP contribution in [0, 0.1) is 0 Å². The lowest BCUT2D eigenvalue weighted by molar-refractivity contribution is -0.0542. The average Bonchev–Trinajstić information content (AvgIpc) is 3.40. The fourth-order valence-electron chi connectivity index (χ4n) is 3.33. The summed E-state index contributed by atoms with van der Waals surface area (Å²) in [6.45, 7) is 2.29. The van der Waals surface area contributed by atoms with Crippen LogP contribution in [-0.2, 0) is 9.47 Å². The Morgan fingerprint density at radius 3 is 1.57 bits per heavy atom. The van der Waals surface area contributed by atoms with Gasteiger partial charge in [0.25, 0.3) is 0 Å². The Hall–Kier alpha value is -0.340. The van der Waals surface area contributed by atoms with Crippen molar-refractivity contribution in [2.45, 2.75) is 122 Å². The Balaban J connectivity index is 1.21. The lowest BCUT2D eigenvalue weighted by Gasteiger charge is -2.01. The molecule has 2 heteroatoms. The molecule has 2 rings (SSSR count). The summed E-state index contributed by atoms with van der Waals surface area (Å²) in [6, 6.07) is 0. The van der Waals surface area contributed by atoms with E-state index in [2.05, 4.69) is 19.1 Å². The van der Waals surface area contributed by atoms with Gasteiger partial charge in [-0.05, 0) is 32.1 Å². The van der Waals surface area contributed by atoms with Gasteiger partial charge < -0.3 is 9.47 Å². The minimum Gasteiger partial charge on any atom is -0.310 e. The molecule has 0 spiro atoms. The molecular formula is C21H38O2. The lowest BCUT2D eigenvalue weighted by atomic mass is 10.1. The summed E-state index contributed by atoms with van der Waals surface area (Å²) in [6.07, 6.45) is 26.8. The molecule has 134 valence electrons. The standard InChI is InChI=1S/C21H38O2/c1-2-3-4-5-6-7-8-9-10-11-12-13-14-15-16-17-18-19-21-20(22-21)23-21/h12-13,20H,2-11,14-19H2,1H3. The highest BCUT2D eigenvalue weighted by molar-refractivity contribution is 5.02. The Morgan fingerprint density at radius 1 is 0.652 bits per heavy atom. The van der Waals surface area contributed by atoms with E-state index in [0.717, 1.165) is 6.42 Å². The molecule has 2 nitrogen and oxygen atoms in total. The first-order valence-electron chi connectivity index (χ1n) is 10.4. The molecule has 0 bridgehead atoms. The van der Waals surface area contributed by atoms with Gasteiger partial charge in [-0.3, -0.25) is 0 Å². The third-order valence-corrected chi connectivity index (χ3v) is 5.14. The second kappa shape index (κ2) is 11.3. The van der Waals surface area contributed by atoms with Crippen molar-refractivity contribution in [2.24, 2.45) is 0 Å². The van der Waals surface area contributed by atoms with Gasteiger partial charge in [0.1, 0.15) is 0 Å². The molecule has 0 amide bonds. The number of hydrogen-bond acceptors (Lipinski definition) is 2. The summed E-state index contributed by atoms with van der Waals surface area (Å²) in [5.41, 5.74) is 0. The van der Waals surface area contributed by atoms with Gasteiger partial charge in [-0.15, -0.1) is 0 Å². The minimum atomic E-state index is -0.0601. The normalized spacial score (nSPS) is 25.0. The average molecular weight is 323 g/mol. The maximum absolute atomic E-state index is 5.29. The number of hydrogen-bond donors (Lipinski definition) is 0. The van der Waals surface area contributed by atoms with Gasteiger partial charge in [0, 0.05) is 6.42 Å². The summed E-state index contributed by atoms with van der Waals surface area (Å²) in [5.74, 6) is -0.0601. The second-order valence-electron chi connectivity index (χ2n) is 7.42. The Labute approximate surface area is 144 Å². The van der Waals surface area contributed by atoms with Crippen molar-refractivity contribution < 1.29 is 9.47 Å². The van der Waals surface area contributed by atoms with Crippen LogP contribution in [-0.4, -0.2) is 12.1 Å². The highest BCUT2D eigenvalue weighted by Crippen LogP contribution is 2.59. The molecule has 0 aromatic rings. The molecular weight excluding hydrogens is 284 g/mol. The molecule has 0 radical (unpaired) electrons. The van der Waals surface area contributed by atoms with Crippen LogP contribution >= 0.6 is 0 Å². The number of fused-ring (bicyclic) bond motifs is 1. The molecule has 0 aromatic carbocycles. The Bertz CT molecular complexity index is 318. The minimum absolute atomic E-state index is 0.0601. The maximum Gasteiger partial charge on any atom is 0.225 e. The molecule has 0 unspecified atom stereocenters. The SMILES string of the molecule is CCCCCCCCCCCC=CCCCCCCC12OC1O2. The molecule has 0 aromatic heterocycles. The highest BCUT2D eigenvalue weighted by atomic mass is 17.0. The van der Waals surface area contributed by atoms with Crippen LogP contribution in [0.4, 0.5) is 0 Å². The van der Waals surface area contributed by atoms with Crippen molar-refractivity contribution in [3.63, 3.8) is 0 Å². The predicted molar refractivity (Wildman–Crippen MR) is 97.4 cm³/mol. The zero-order valence-corrected chi connectivity index (χ0v) is 15.4. The quantitative estimate of drug-likeness (QED) is 0.165. The summed E-state index contributed by atoms with van der Waals surface area (Å²) < 4.78 is 10.6. The first-order valence-corrected chi connectivity index (χ1v) is 10.4. The van der Waals surface area contributed by atoms with Gasteiger partial charge in [0.2, 0.25) is 12.1 Å². The number of ether oxygens (including phenoxy) is 2. The number of allylic oxidation sites excluding steroid dienone is 2. The molecule has 2 aliphatic heterocycles. The molecule has 0 aliphatic carbocycles. The van der Waals surface area contributed by atoms with Crippen molar-refractivity contribution in [3.8, 4) is 0 Å². The first-order chi connectivity index (χ1) is 11.4. The fourth-order valence-corrected chi connectivity index (χ4v) is 3.33. The van der Waals surface area contributed by atoms with E-state index in [4.69, 9.17) is 9.47 Å². The molecule has 2 aliphatic rings. The van der Waals surface area contributed by atoms with Gasteiger partial charge >= 0.3 is 0 Å². The Morgan fingerprint density at radius 2 is 1.09 bits per heavy atom. The summed E-state index contributed by atoms with van der Waals surface area (Å²) in [4.78, 5) is 0. The summed E-state index contributed by atoms with van der Waals surface area (Å²) in [7, 11) is 0. The molecule has 0 saturated carbocycles. The maximum atomic E-state index is 5.29. The van der Waals surface area contributed by atoms with Crippen molar-refractivity contribution in [2.75, 3.05) is 0 Å². The van der Waals surface area contributed by atoms with Gasteiger partial charge in [0.05, 0.1) is 0 Å². The van der Waals surface area contributed by atoms with Crippen LogP contribution in [0.1, 0.15) is 110 Å².